The van der Waals surface area contributed by atoms with Crippen LogP contribution in [0.2, 0.25) is 0 Å². The molecule has 0 bridgehead atoms. The molecule has 4 nitrogen and oxygen atoms in total. The Labute approximate surface area is 130 Å². The number of rotatable bonds is 6. The summed E-state index contributed by atoms with van der Waals surface area (Å²) in [5.41, 5.74) is 2.34. The summed E-state index contributed by atoms with van der Waals surface area (Å²) in [6.45, 7) is 4.96. The van der Waals surface area contributed by atoms with E-state index in [2.05, 4.69) is 48.4 Å². The summed E-state index contributed by atoms with van der Waals surface area (Å²) < 4.78 is 5.32. The maximum absolute atomic E-state index is 5.32. The van der Waals surface area contributed by atoms with Gasteiger partial charge < -0.3 is 15.0 Å². The first-order valence-electron chi connectivity index (χ1n) is 6.99. The van der Waals surface area contributed by atoms with Crippen LogP contribution in [-0.4, -0.2) is 37.6 Å². The lowest BCUT2D eigenvalue weighted by Gasteiger charge is -2.25. The highest BCUT2D eigenvalue weighted by molar-refractivity contribution is 7.15. The number of hydrogen-bond acceptors (Lipinski definition) is 5. The van der Waals surface area contributed by atoms with Crippen molar-refractivity contribution in [3.8, 4) is 5.75 Å². The van der Waals surface area contributed by atoms with Crippen molar-refractivity contribution in [3.63, 3.8) is 0 Å². The van der Waals surface area contributed by atoms with Crippen LogP contribution in [0.15, 0.2) is 24.3 Å². The van der Waals surface area contributed by atoms with Gasteiger partial charge in [-0.25, -0.2) is 4.98 Å². The van der Waals surface area contributed by atoms with Crippen LogP contribution in [0.4, 0.5) is 5.13 Å². The largest absolute Gasteiger partial charge is 0.497 e. The van der Waals surface area contributed by atoms with E-state index in [9.17, 15) is 0 Å². The van der Waals surface area contributed by atoms with E-state index in [-0.39, 0.29) is 6.04 Å². The molecule has 1 unspecified atom stereocenters. The van der Waals surface area contributed by atoms with Gasteiger partial charge in [-0.3, -0.25) is 0 Å². The molecule has 1 aromatic heterocycles. The van der Waals surface area contributed by atoms with Gasteiger partial charge in [-0.1, -0.05) is 12.1 Å². The van der Waals surface area contributed by atoms with Gasteiger partial charge in [0.1, 0.15) is 5.75 Å². The van der Waals surface area contributed by atoms with Crippen LogP contribution < -0.4 is 10.1 Å². The molecular formula is C16H23N3OS. The fraction of sp³-hybridized carbons (Fsp3) is 0.438. The highest BCUT2D eigenvalue weighted by atomic mass is 32.1. The van der Waals surface area contributed by atoms with E-state index >= 15 is 0 Å². The summed E-state index contributed by atoms with van der Waals surface area (Å²) in [7, 11) is 5.87. The van der Waals surface area contributed by atoms with Gasteiger partial charge in [0.25, 0.3) is 0 Å². The molecule has 114 valence electrons. The molecule has 0 fully saturated rings. The van der Waals surface area contributed by atoms with Crippen molar-refractivity contribution in [1.29, 1.82) is 0 Å². The molecule has 2 rings (SSSR count). The van der Waals surface area contributed by atoms with Gasteiger partial charge >= 0.3 is 0 Å². The highest BCUT2D eigenvalue weighted by Gasteiger charge is 2.15. The van der Waals surface area contributed by atoms with Gasteiger partial charge in [-0.05, 0) is 45.6 Å². The van der Waals surface area contributed by atoms with Crippen LogP contribution in [0.25, 0.3) is 0 Å². The lowest BCUT2D eigenvalue weighted by molar-refractivity contribution is 0.310. The number of benzene rings is 1. The first-order valence-corrected chi connectivity index (χ1v) is 7.81. The lowest BCUT2D eigenvalue weighted by atomic mass is 10.1. The Morgan fingerprint density at radius 1 is 1.33 bits per heavy atom. The average molecular weight is 305 g/mol. The Morgan fingerprint density at radius 2 is 2.10 bits per heavy atom. The van der Waals surface area contributed by atoms with Gasteiger partial charge in [0.05, 0.1) is 18.8 Å². The zero-order chi connectivity index (χ0) is 15.4. The third-order valence-electron chi connectivity index (χ3n) is 3.58. The molecule has 0 radical (unpaired) electrons. The molecule has 5 heteroatoms. The minimum Gasteiger partial charge on any atom is -0.497 e. The standard InChI is InChI=1S/C16H23N3OS/c1-11-12(2)21-16(18-11)17-10-15(19(3)4)13-7-6-8-14(9-13)20-5/h6-9,15H,10H2,1-5H3,(H,17,18). The molecule has 0 amide bonds. The van der Waals surface area contributed by atoms with E-state index in [0.717, 1.165) is 23.1 Å². The maximum Gasteiger partial charge on any atom is 0.183 e. The topological polar surface area (TPSA) is 37.4 Å². The van der Waals surface area contributed by atoms with Crippen molar-refractivity contribution in [3.05, 3.63) is 40.4 Å². The summed E-state index contributed by atoms with van der Waals surface area (Å²) in [6.07, 6.45) is 0. The Hall–Kier alpha value is -1.59. The zero-order valence-electron chi connectivity index (χ0n) is 13.3. The van der Waals surface area contributed by atoms with E-state index in [1.165, 1.54) is 10.4 Å². The summed E-state index contributed by atoms with van der Waals surface area (Å²) in [4.78, 5) is 8.00. The van der Waals surface area contributed by atoms with Crippen molar-refractivity contribution in [2.45, 2.75) is 19.9 Å². The molecule has 1 heterocycles. The first-order chi connectivity index (χ1) is 10.0. The number of aryl methyl sites for hydroxylation is 2. The van der Waals surface area contributed by atoms with E-state index in [1.54, 1.807) is 18.4 Å². The number of nitrogens with one attached hydrogen (secondary N) is 1. The van der Waals surface area contributed by atoms with Crippen LogP contribution >= 0.6 is 11.3 Å². The summed E-state index contributed by atoms with van der Waals surface area (Å²) in [5, 5.41) is 4.43. The quantitative estimate of drug-likeness (QED) is 0.886. The Kier molecular flexibility index (Phi) is 5.20. The third-order valence-corrected chi connectivity index (χ3v) is 4.61. The second-order valence-electron chi connectivity index (χ2n) is 5.30. The van der Waals surface area contributed by atoms with Crippen molar-refractivity contribution >= 4 is 16.5 Å². The van der Waals surface area contributed by atoms with E-state index < -0.39 is 0 Å². The van der Waals surface area contributed by atoms with Crippen molar-refractivity contribution in [2.75, 3.05) is 33.1 Å². The van der Waals surface area contributed by atoms with Crippen LogP contribution in [0.5, 0.6) is 5.75 Å². The summed E-state index contributed by atoms with van der Waals surface area (Å²) in [5.74, 6) is 0.889. The van der Waals surface area contributed by atoms with Gasteiger partial charge in [0.2, 0.25) is 0 Å². The number of hydrogen-bond donors (Lipinski definition) is 1. The smallest absolute Gasteiger partial charge is 0.183 e. The predicted octanol–water partition coefficient (Wildman–Crippen LogP) is 3.48. The van der Waals surface area contributed by atoms with Crippen LogP contribution in [0.1, 0.15) is 22.2 Å². The zero-order valence-corrected chi connectivity index (χ0v) is 14.1. The van der Waals surface area contributed by atoms with Crippen molar-refractivity contribution < 1.29 is 4.74 Å². The molecule has 1 atom stereocenters. The minimum absolute atomic E-state index is 0.268. The third kappa shape index (κ3) is 3.95. The first kappa shape index (κ1) is 15.8. The second kappa shape index (κ2) is 6.91. The number of methoxy groups -OCH3 is 1. The normalized spacial score (nSPS) is 12.5. The fourth-order valence-electron chi connectivity index (χ4n) is 2.18. The molecule has 0 aliphatic heterocycles. The predicted molar refractivity (Wildman–Crippen MR) is 89.5 cm³/mol. The number of anilines is 1. The van der Waals surface area contributed by atoms with Gasteiger partial charge in [0.15, 0.2) is 5.13 Å². The SMILES string of the molecule is COc1cccc(C(CNc2nc(C)c(C)s2)N(C)C)c1. The summed E-state index contributed by atoms with van der Waals surface area (Å²) >= 11 is 1.71. The average Bonchev–Trinajstić information content (AvgIpc) is 2.78. The fourth-order valence-corrected chi connectivity index (χ4v) is 3.00. The van der Waals surface area contributed by atoms with E-state index in [4.69, 9.17) is 4.74 Å². The van der Waals surface area contributed by atoms with Gasteiger partial charge in [-0.2, -0.15) is 0 Å². The molecular weight excluding hydrogens is 282 g/mol. The van der Waals surface area contributed by atoms with E-state index in [0.29, 0.717) is 0 Å². The summed E-state index contributed by atoms with van der Waals surface area (Å²) in [6, 6.07) is 8.49. The van der Waals surface area contributed by atoms with E-state index in [1.807, 2.05) is 19.1 Å². The number of ether oxygens (including phenoxy) is 1. The number of likely N-dealkylation sites (N-methyl/N-ethyl adjacent to an activating group) is 1. The maximum atomic E-state index is 5.32. The molecule has 1 N–H and O–H groups in total. The molecule has 21 heavy (non-hydrogen) atoms. The van der Waals surface area contributed by atoms with Gasteiger partial charge in [0, 0.05) is 11.4 Å². The number of thiazole rings is 1. The molecule has 0 spiro atoms. The molecule has 0 aliphatic rings. The molecule has 2 aromatic rings. The molecule has 1 aromatic carbocycles. The van der Waals surface area contributed by atoms with Crippen molar-refractivity contribution in [1.82, 2.24) is 9.88 Å². The minimum atomic E-state index is 0.268. The van der Waals surface area contributed by atoms with Crippen LogP contribution in [-0.2, 0) is 0 Å². The number of nitrogens with zero attached hydrogens (tertiary/aromatic N) is 2. The monoisotopic (exact) mass is 305 g/mol. The number of aromatic nitrogens is 1. The van der Waals surface area contributed by atoms with Gasteiger partial charge in [-0.15, -0.1) is 11.3 Å². The Bertz CT molecular complexity index is 575. The van der Waals surface area contributed by atoms with Crippen LogP contribution in [0, 0.1) is 13.8 Å². The molecule has 0 aliphatic carbocycles. The lowest BCUT2D eigenvalue weighted by Crippen LogP contribution is -2.26. The Morgan fingerprint density at radius 3 is 2.67 bits per heavy atom. The second-order valence-corrected chi connectivity index (χ2v) is 6.50. The van der Waals surface area contributed by atoms with Crippen LogP contribution in [0.3, 0.4) is 0 Å². The molecule has 0 saturated carbocycles. The van der Waals surface area contributed by atoms with Crippen molar-refractivity contribution in [2.24, 2.45) is 0 Å². The Balaban J connectivity index is 2.11. The highest BCUT2D eigenvalue weighted by Crippen LogP contribution is 2.25. The molecule has 0 saturated heterocycles.